The van der Waals surface area contributed by atoms with Crippen molar-refractivity contribution in [2.45, 2.75) is 64.9 Å². The van der Waals surface area contributed by atoms with E-state index in [-0.39, 0.29) is 16.9 Å². The summed E-state index contributed by atoms with van der Waals surface area (Å²) in [6.45, 7) is 4.48. The largest absolute Gasteiger partial charge is 0.506 e. The van der Waals surface area contributed by atoms with Gasteiger partial charge in [0.2, 0.25) is 0 Å². The van der Waals surface area contributed by atoms with E-state index in [9.17, 15) is 14.7 Å². The van der Waals surface area contributed by atoms with Crippen molar-refractivity contribution in [3.63, 3.8) is 0 Å². The molecule has 0 bridgehead atoms. The first-order chi connectivity index (χ1) is 12.5. The molecule has 1 aromatic carbocycles. The van der Waals surface area contributed by atoms with E-state index in [1.165, 1.54) is 51.9 Å². The topological polar surface area (TPSA) is 76.7 Å². The number of ketones is 1. The minimum atomic E-state index is -0.807. The Morgan fingerprint density at radius 3 is 2.50 bits per heavy atom. The molecule has 2 heterocycles. The third kappa shape index (κ3) is 5.43. The number of carbonyl (C=O) groups excluding carboxylic acids is 1. The maximum atomic E-state index is 11.3. The van der Waals surface area contributed by atoms with E-state index in [1.54, 1.807) is 24.3 Å². The average molecular weight is 360 g/mol. The summed E-state index contributed by atoms with van der Waals surface area (Å²) in [5.74, 6) is -0.818. The fraction of sp³-hybridized carbons (Fsp3) is 0.524. The van der Waals surface area contributed by atoms with E-state index in [2.05, 4.69) is 6.92 Å². The highest BCUT2D eigenvalue weighted by Crippen LogP contribution is 2.25. The minimum absolute atomic E-state index is 0.269. The molecule has 1 fully saturated rings. The van der Waals surface area contributed by atoms with Crippen LogP contribution in [-0.2, 0) is 4.74 Å². The number of ether oxygens (including phenoxy) is 1. The van der Waals surface area contributed by atoms with Crippen LogP contribution in [0.15, 0.2) is 33.5 Å². The lowest BCUT2D eigenvalue weighted by Gasteiger charge is -2.26. The summed E-state index contributed by atoms with van der Waals surface area (Å²) in [7, 11) is 0. The van der Waals surface area contributed by atoms with Crippen molar-refractivity contribution >= 4 is 16.8 Å². The van der Waals surface area contributed by atoms with Crippen LogP contribution in [-0.4, -0.2) is 23.6 Å². The Morgan fingerprint density at radius 2 is 1.88 bits per heavy atom. The number of aromatic hydroxyl groups is 1. The van der Waals surface area contributed by atoms with E-state index in [1.807, 2.05) is 0 Å². The molecule has 3 rings (SSSR count). The van der Waals surface area contributed by atoms with Crippen LogP contribution in [0, 0.1) is 0 Å². The Morgan fingerprint density at radius 1 is 1.19 bits per heavy atom. The maximum Gasteiger partial charge on any atom is 0.351 e. The van der Waals surface area contributed by atoms with Gasteiger partial charge in [-0.3, -0.25) is 4.79 Å². The van der Waals surface area contributed by atoms with Gasteiger partial charge in [0.15, 0.2) is 5.78 Å². The standard InChI is InChI=1S/C11H8O4.C10H20O/c1-6(12)9-10(13)7-4-2-3-5-8(7)15-11(9)14;1-2-3-4-5-6-7-10-8-9-11-10/h2-5,13H,1H3;10H,2-9H2,1H3. The molecule has 142 valence electrons. The number of para-hydroxylation sites is 1. The van der Waals surface area contributed by atoms with Gasteiger partial charge >= 0.3 is 5.63 Å². The van der Waals surface area contributed by atoms with Gasteiger partial charge in [-0.25, -0.2) is 4.79 Å². The molecule has 2 aromatic rings. The quantitative estimate of drug-likeness (QED) is 0.434. The van der Waals surface area contributed by atoms with Gasteiger partial charge in [-0.05, 0) is 31.9 Å². The summed E-state index contributed by atoms with van der Waals surface area (Å²) in [5, 5.41) is 10.1. The summed E-state index contributed by atoms with van der Waals surface area (Å²) in [4.78, 5) is 22.5. The molecule has 1 aliphatic rings. The Kier molecular flexibility index (Phi) is 7.85. The maximum absolute atomic E-state index is 11.3. The summed E-state index contributed by atoms with van der Waals surface area (Å²) < 4.78 is 10.2. The molecule has 0 amide bonds. The number of unbranched alkanes of at least 4 members (excludes halogenated alkanes) is 4. The van der Waals surface area contributed by atoms with Gasteiger partial charge in [-0.2, -0.15) is 0 Å². The van der Waals surface area contributed by atoms with Crippen LogP contribution in [0.1, 0.15) is 69.2 Å². The van der Waals surface area contributed by atoms with Crippen LogP contribution in [0.4, 0.5) is 0 Å². The lowest BCUT2D eigenvalue weighted by atomic mass is 10.0. The van der Waals surface area contributed by atoms with Crippen LogP contribution in [0.5, 0.6) is 5.75 Å². The number of Topliss-reactive ketones (excluding diaryl/α,β-unsaturated/α-hetero) is 1. The summed E-state index contributed by atoms with van der Waals surface area (Å²) in [6, 6.07) is 6.50. The predicted octanol–water partition coefficient (Wildman–Crippen LogP) is 4.84. The third-order valence-electron chi connectivity index (χ3n) is 4.56. The van der Waals surface area contributed by atoms with Gasteiger partial charge in [0.1, 0.15) is 16.9 Å². The molecule has 0 radical (unpaired) electrons. The van der Waals surface area contributed by atoms with E-state index in [0.29, 0.717) is 11.5 Å². The highest BCUT2D eigenvalue weighted by atomic mass is 16.5. The Labute approximate surface area is 154 Å². The van der Waals surface area contributed by atoms with E-state index in [4.69, 9.17) is 9.15 Å². The van der Waals surface area contributed by atoms with Crippen molar-refractivity contribution in [2.75, 3.05) is 6.61 Å². The van der Waals surface area contributed by atoms with Gasteiger partial charge in [0.25, 0.3) is 0 Å². The zero-order valence-corrected chi connectivity index (χ0v) is 15.6. The molecule has 1 unspecified atom stereocenters. The molecule has 5 heteroatoms. The molecule has 1 N–H and O–H groups in total. The highest BCUT2D eigenvalue weighted by Gasteiger charge is 2.17. The second-order valence-corrected chi connectivity index (χ2v) is 6.65. The number of benzene rings is 1. The molecule has 1 aliphatic heterocycles. The van der Waals surface area contributed by atoms with Crippen molar-refractivity contribution in [3.05, 3.63) is 40.2 Å². The molecule has 1 saturated heterocycles. The fourth-order valence-electron chi connectivity index (χ4n) is 2.93. The second-order valence-electron chi connectivity index (χ2n) is 6.65. The molecule has 1 atom stereocenters. The number of fused-ring (bicyclic) bond motifs is 1. The Bertz CT molecular complexity index is 774. The Hall–Kier alpha value is -2.14. The van der Waals surface area contributed by atoms with E-state index >= 15 is 0 Å². The van der Waals surface area contributed by atoms with Crippen LogP contribution in [0.2, 0.25) is 0 Å². The third-order valence-corrected chi connectivity index (χ3v) is 4.56. The second kappa shape index (κ2) is 10.1. The van der Waals surface area contributed by atoms with Crippen LogP contribution >= 0.6 is 0 Å². The van der Waals surface area contributed by atoms with Crippen molar-refractivity contribution < 1.29 is 19.1 Å². The van der Waals surface area contributed by atoms with Crippen LogP contribution in [0.3, 0.4) is 0 Å². The molecule has 0 saturated carbocycles. The minimum Gasteiger partial charge on any atom is -0.506 e. The molecule has 26 heavy (non-hydrogen) atoms. The van der Waals surface area contributed by atoms with Crippen LogP contribution in [0.25, 0.3) is 11.0 Å². The average Bonchev–Trinajstić information content (AvgIpc) is 2.57. The Balaban J connectivity index is 0.000000197. The van der Waals surface area contributed by atoms with Crippen molar-refractivity contribution in [2.24, 2.45) is 0 Å². The van der Waals surface area contributed by atoms with Crippen molar-refractivity contribution in [1.29, 1.82) is 0 Å². The molecule has 1 aromatic heterocycles. The van der Waals surface area contributed by atoms with E-state index < -0.39 is 11.4 Å². The molecule has 0 aliphatic carbocycles. The van der Waals surface area contributed by atoms with Crippen LogP contribution < -0.4 is 5.63 Å². The first kappa shape index (κ1) is 20.2. The number of hydrogen-bond acceptors (Lipinski definition) is 5. The van der Waals surface area contributed by atoms with Crippen molar-refractivity contribution in [3.8, 4) is 5.75 Å². The molecule has 5 nitrogen and oxygen atoms in total. The highest BCUT2D eigenvalue weighted by molar-refractivity contribution is 6.01. The van der Waals surface area contributed by atoms with Crippen molar-refractivity contribution in [1.82, 2.24) is 0 Å². The first-order valence-electron chi connectivity index (χ1n) is 9.42. The number of carbonyl (C=O) groups is 1. The van der Waals surface area contributed by atoms with Gasteiger partial charge in [-0.1, -0.05) is 51.2 Å². The van der Waals surface area contributed by atoms with Gasteiger partial charge < -0.3 is 14.3 Å². The summed E-state index contributed by atoms with van der Waals surface area (Å²) in [6.07, 6.45) is 10.2. The lowest BCUT2D eigenvalue weighted by Crippen LogP contribution is -2.26. The SMILES string of the molecule is CC(=O)c1c(O)c2ccccc2oc1=O.CCCCCCCC1CCO1. The number of rotatable bonds is 7. The molecule has 0 spiro atoms. The zero-order valence-electron chi connectivity index (χ0n) is 15.6. The summed E-state index contributed by atoms with van der Waals surface area (Å²) in [5.41, 5.74) is -0.836. The lowest BCUT2D eigenvalue weighted by molar-refractivity contribution is -0.0555. The van der Waals surface area contributed by atoms with Gasteiger partial charge in [0, 0.05) is 6.61 Å². The summed E-state index contributed by atoms with van der Waals surface area (Å²) >= 11 is 0. The van der Waals surface area contributed by atoms with E-state index in [0.717, 1.165) is 6.61 Å². The smallest absolute Gasteiger partial charge is 0.351 e. The van der Waals surface area contributed by atoms with Gasteiger partial charge in [0.05, 0.1) is 11.5 Å². The first-order valence-corrected chi connectivity index (χ1v) is 9.42. The zero-order chi connectivity index (χ0) is 18.9. The monoisotopic (exact) mass is 360 g/mol. The van der Waals surface area contributed by atoms with Gasteiger partial charge in [-0.15, -0.1) is 0 Å². The number of hydrogen-bond donors (Lipinski definition) is 1. The normalized spacial score (nSPS) is 15.8. The fourth-order valence-corrected chi connectivity index (χ4v) is 2.93. The molecular formula is C21H28O5. The predicted molar refractivity (Wildman–Crippen MR) is 102 cm³/mol. The molecular weight excluding hydrogens is 332 g/mol.